The van der Waals surface area contributed by atoms with Crippen LogP contribution in [0.3, 0.4) is 0 Å². The Morgan fingerprint density at radius 3 is 2.52 bits per heavy atom. The molecule has 0 aromatic rings. The molecule has 4 saturated carbocycles. The lowest BCUT2D eigenvalue weighted by Gasteiger charge is -2.63. The van der Waals surface area contributed by atoms with Gasteiger partial charge in [-0.1, -0.05) is 13.3 Å². The molecule has 130 valence electrons. The highest BCUT2D eigenvalue weighted by Gasteiger charge is 2.65. The summed E-state index contributed by atoms with van der Waals surface area (Å²) in [7, 11) is 0. The second-order valence-corrected chi connectivity index (χ2v) is 9.78. The third-order valence-electron chi connectivity index (χ3n) is 9.00. The van der Waals surface area contributed by atoms with Gasteiger partial charge >= 0.3 is 5.97 Å². The molecule has 2 N–H and O–H groups in total. The Hall–Kier alpha value is -0.570. The van der Waals surface area contributed by atoms with Crippen LogP contribution >= 0.6 is 0 Å². The van der Waals surface area contributed by atoms with Crippen molar-refractivity contribution in [2.24, 2.45) is 39.9 Å². The normalized spacial score (nSPS) is 55.1. The molecule has 4 aliphatic carbocycles. The molecule has 7 atom stereocenters. The number of aliphatic carboxylic acids is 1. The van der Waals surface area contributed by atoms with Gasteiger partial charge in [-0.05, 0) is 92.8 Å². The van der Waals surface area contributed by atoms with Crippen LogP contribution in [0.5, 0.6) is 0 Å². The molecule has 4 fully saturated rings. The zero-order chi connectivity index (χ0) is 16.5. The summed E-state index contributed by atoms with van der Waals surface area (Å²) in [6.07, 6.45) is 10.4. The predicted octanol–water partition coefficient (Wildman–Crippen LogP) is 4.09. The minimum Gasteiger partial charge on any atom is -0.481 e. The fraction of sp³-hybridized carbons (Fsp3) is 0.950. The summed E-state index contributed by atoms with van der Waals surface area (Å²) < 4.78 is 0. The Labute approximate surface area is 139 Å². The topological polar surface area (TPSA) is 57.5 Å². The van der Waals surface area contributed by atoms with E-state index >= 15 is 0 Å². The van der Waals surface area contributed by atoms with Gasteiger partial charge in [-0.25, -0.2) is 0 Å². The number of rotatable bonds is 2. The van der Waals surface area contributed by atoms with Gasteiger partial charge in [0.1, 0.15) is 0 Å². The van der Waals surface area contributed by atoms with Crippen molar-refractivity contribution in [3.8, 4) is 0 Å². The Kier molecular flexibility index (Phi) is 3.44. The first-order valence-corrected chi connectivity index (χ1v) is 9.70. The van der Waals surface area contributed by atoms with Gasteiger partial charge in [0.2, 0.25) is 0 Å². The number of aliphatic hydroxyl groups excluding tert-OH is 1. The molecule has 2 bridgehead atoms. The Balaban J connectivity index is 1.71. The van der Waals surface area contributed by atoms with Crippen molar-refractivity contribution in [1.29, 1.82) is 0 Å². The van der Waals surface area contributed by atoms with Gasteiger partial charge < -0.3 is 10.2 Å². The molecule has 4 aliphatic rings. The lowest BCUT2D eigenvalue weighted by Crippen LogP contribution is -2.58. The molecule has 0 radical (unpaired) electrons. The molecule has 0 aromatic heterocycles. The molecule has 0 aromatic carbocycles. The fourth-order valence-electron chi connectivity index (χ4n) is 8.06. The van der Waals surface area contributed by atoms with Gasteiger partial charge in [-0.2, -0.15) is 0 Å². The third-order valence-corrected chi connectivity index (χ3v) is 9.00. The van der Waals surface area contributed by atoms with E-state index in [2.05, 4.69) is 6.92 Å². The molecule has 3 heteroatoms. The number of fused-ring (bicyclic) bond motifs is 3. The molecule has 0 aliphatic heterocycles. The van der Waals surface area contributed by atoms with Gasteiger partial charge in [0.15, 0.2) is 0 Å². The maximum atomic E-state index is 12.1. The van der Waals surface area contributed by atoms with Gasteiger partial charge in [-0.15, -0.1) is 0 Å². The number of carboxylic acid groups (broad SMARTS) is 1. The first kappa shape index (κ1) is 15.9. The number of carboxylic acids is 1. The second kappa shape index (κ2) is 4.97. The molecule has 3 nitrogen and oxygen atoms in total. The maximum absolute atomic E-state index is 12.1. The Bertz CT molecular complexity index is 517. The highest BCUT2D eigenvalue weighted by atomic mass is 16.4. The highest BCUT2D eigenvalue weighted by molar-refractivity contribution is 5.75. The van der Waals surface area contributed by atoms with Crippen molar-refractivity contribution in [3.63, 3.8) is 0 Å². The Morgan fingerprint density at radius 1 is 1.04 bits per heavy atom. The first-order chi connectivity index (χ1) is 10.9. The third kappa shape index (κ3) is 1.95. The summed E-state index contributed by atoms with van der Waals surface area (Å²) in [6.45, 7) is 4.80. The number of hydrogen-bond acceptors (Lipinski definition) is 2. The van der Waals surface area contributed by atoms with Crippen molar-refractivity contribution in [3.05, 3.63) is 0 Å². The van der Waals surface area contributed by atoms with Crippen molar-refractivity contribution in [2.75, 3.05) is 6.61 Å². The largest absolute Gasteiger partial charge is 0.481 e. The van der Waals surface area contributed by atoms with E-state index in [9.17, 15) is 15.0 Å². The smallest absolute Gasteiger partial charge is 0.309 e. The summed E-state index contributed by atoms with van der Waals surface area (Å²) in [5.74, 6) is 1.68. The minimum absolute atomic E-state index is 0.193. The lowest BCUT2D eigenvalue weighted by atomic mass is 9.41. The van der Waals surface area contributed by atoms with Crippen LogP contribution < -0.4 is 0 Å². The van der Waals surface area contributed by atoms with Crippen molar-refractivity contribution < 1.29 is 15.0 Å². The van der Waals surface area contributed by atoms with E-state index in [1.165, 1.54) is 38.5 Å². The maximum Gasteiger partial charge on any atom is 0.309 e. The van der Waals surface area contributed by atoms with Gasteiger partial charge in [0.05, 0.1) is 5.41 Å². The first-order valence-electron chi connectivity index (χ1n) is 9.70. The molecule has 0 amide bonds. The SMILES string of the molecule is C[C@@]12CCC[C@@](C)(C(=O)O)[C@H]1CC[C@]13C[C@H](CO)[C@@H](CC[C@H]12)C3. The van der Waals surface area contributed by atoms with E-state index in [4.69, 9.17) is 0 Å². The van der Waals surface area contributed by atoms with E-state index in [-0.39, 0.29) is 5.41 Å². The van der Waals surface area contributed by atoms with Crippen molar-refractivity contribution in [1.82, 2.24) is 0 Å². The van der Waals surface area contributed by atoms with Crippen LogP contribution in [0.2, 0.25) is 0 Å². The summed E-state index contributed by atoms with van der Waals surface area (Å²) in [4.78, 5) is 12.1. The predicted molar refractivity (Wildman–Crippen MR) is 88.9 cm³/mol. The minimum atomic E-state index is -0.572. The summed E-state index contributed by atoms with van der Waals surface area (Å²) in [5.41, 5.74) is 0.0811. The van der Waals surface area contributed by atoms with Gasteiger partial charge in [-0.3, -0.25) is 4.79 Å². The quantitative estimate of drug-likeness (QED) is 0.805. The average molecular weight is 320 g/mol. The monoisotopic (exact) mass is 320 g/mol. The van der Waals surface area contributed by atoms with Crippen LogP contribution in [0.25, 0.3) is 0 Å². The molecule has 0 unspecified atom stereocenters. The van der Waals surface area contributed by atoms with Crippen LogP contribution in [0.15, 0.2) is 0 Å². The molecular weight excluding hydrogens is 288 g/mol. The fourth-order valence-corrected chi connectivity index (χ4v) is 8.06. The molecule has 0 saturated heterocycles. The number of hydrogen-bond donors (Lipinski definition) is 2. The van der Waals surface area contributed by atoms with Crippen LogP contribution in [-0.4, -0.2) is 22.8 Å². The van der Waals surface area contributed by atoms with Gasteiger partial charge in [0, 0.05) is 6.61 Å². The average Bonchev–Trinajstić information content (AvgIpc) is 2.77. The van der Waals surface area contributed by atoms with E-state index in [0.29, 0.717) is 29.8 Å². The second-order valence-electron chi connectivity index (χ2n) is 9.78. The molecular formula is C20H32O3. The standard InChI is InChI=1S/C20H32O3/c1-18-7-3-8-19(2,17(22)23)15(18)6-9-20-10-13(4-5-16(18)20)14(11-20)12-21/h13-16,21H,3-12H2,1-2H3,(H,22,23)/t13-,14+,15-,16-,18+,19+,20-/m0/s1. The van der Waals surface area contributed by atoms with Crippen LogP contribution in [0.1, 0.15) is 71.6 Å². The van der Waals surface area contributed by atoms with Crippen LogP contribution in [-0.2, 0) is 4.79 Å². The zero-order valence-corrected chi connectivity index (χ0v) is 14.7. The molecule has 4 rings (SSSR count). The zero-order valence-electron chi connectivity index (χ0n) is 14.7. The van der Waals surface area contributed by atoms with E-state index < -0.39 is 11.4 Å². The summed E-state index contributed by atoms with van der Waals surface area (Å²) in [6, 6.07) is 0. The molecule has 1 spiro atoms. The number of carbonyl (C=O) groups is 1. The highest BCUT2D eigenvalue weighted by Crippen LogP contribution is 2.72. The van der Waals surface area contributed by atoms with Crippen molar-refractivity contribution >= 4 is 5.97 Å². The van der Waals surface area contributed by atoms with E-state index in [1.54, 1.807) is 0 Å². The Morgan fingerprint density at radius 2 is 1.83 bits per heavy atom. The summed E-state index contributed by atoms with van der Waals surface area (Å²) in [5, 5.41) is 19.7. The molecule has 0 heterocycles. The van der Waals surface area contributed by atoms with Gasteiger partial charge in [0.25, 0.3) is 0 Å². The van der Waals surface area contributed by atoms with Crippen molar-refractivity contribution in [2.45, 2.75) is 71.6 Å². The van der Waals surface area contributed by atoms with E-state index in [1.807, 2.05) is 6.92 Å². The van der Waals surface area contributed by atoms with Crippen LogP contribution in [0.4, 0.5) is 0 Å². The number of aliphatic hydroxyl groups is 1. The van der Waals surface area contributed by atoms with Crippen LogP contribution in [0, 0.1) is 39.9 Å². The lowest BCUT2D eigenvalue weighted by molar-refractivity contribution is -0.181. The van der Waals surface area contributed by atoms with E-state index in [0.717, 1.165) is 25.2 Å². The molecule has 23 heavy (non-hydrogen) atoms. The summed E-state index contributed by atoms with van der Waals surface area (Å²) >= 11 is 0.